The molecule has 0 aromatic carbocycles. The molecule has 2 atom stereocenters. The van der Waals surface area contributed by atoms with E-state index in [1.165, 1.54) is 0 Å². The van der Waals surface area contributed by atoms with Crippen molar-refractivity contribution in [2.75, 3.05) is 34.5 Å². The first-order chi connectivity index (χ1) is 12.1. The highest BCUT2D eigenvalue weighted by atomic mass is 79.9. The van der Waals surface area contributed by atoms with Crippen molar-refractivity contribution in [2.24, 2.45) is 5.41 Å². The first-order valence-electron chi connectivity index (χ1n) is 8.31. The molecule has 1 heterocycles. The predicted molar refractivity (Wildman–Crippen MR) is 124 cm³/mol. The highest BCUT2D eigenvalue weighted by Crippen LogP contribution is 2.54. The number of alkyl halides is 6. The van der Waals surface area contributed by atoms with Gasteiger partial charge in [0.25, 0.3) is 0 Å². The summed E-state index contributed by atoms with van der Waals surface area (Å²) in [5, 5.41) is 2.98. The van der Waals surface area contributed by atoms with Crippen LogP contribution in [0.4, 0.5) is 0 Å². The number of rotatable bonds is 8. The zero-order valence-corrected chi connectivity index (χ0v) is 23.1. The lowest BCUT2D eigenvalue weighted by atomic mass is 9.68. The summed E-state index contributed by atoms with van der Waals surface area (Å²) in [7, 11) is -4.20. The van der Waals surface area contributed by atoms with Crippen LogP contribution < -0.4 is 0 Å². The van der Waals surface area contributed by atoms with Crippen molar-refractivity contribution in [3.8, 4) is 0 Å². The average molecular weight is 691 g/mol. The molecule has 0 aromatic heterocycles. The molecule has 156 valence electrons. The van der Waals surface area contributed by atoms with Crippen molar-refractivity contribution in [3.05, 3.63) is 0 Å². The molecule has 0 spiro atoms. The van der Waals surface area contributed by atoms with E-state index in [2.05, 4.69) is 63.7 Å². The molecule has 1 rings (SSSR count). The van der Waals surface area contributed by atoms with E-state index in [1.54, 1.807) is 0 Å². The molecule has 1 aliphatic heterocycles. The molecule has 26 heavy (non-hydrogen) atoms. The molecule has 0 radical (unpaired) electrons. The van der Waals surface area contributed by atoms with Crippen LogP contribution in [0.25, 0.3) is 0 Å². The van der Waals surface area contributed by atoms with E-state index in [0.717, 1.165) is 23.5 Å². The van der Waals surface area contributed by atoms with Crippen LogP contribution in [0.5, 0.6) is 0 Å². The molecule has 0 amide bonds. The van der Waals surface area contributed by atoms with Gasteiger partial charge in [0.2, 0.25) is 0 Å². The standard InChI is InChI=1S/C15H25Br4Cl2O4P/c16-5-1-13(2-6-17)9-14(20,3-7-18)11-24-26(22,23)25-12-15(21,10-13)4-8-19/h1-12H2,(H,22,23). The largest absolute Gasteiger partial charge is 0.472 e. The van der Waals surface area contributed by atoms with Crippen molar-refractivity contribution < 1.29 is 18.5 Å². The summed E-state index contributed by atoms with van der Waals surface area (Å²) >= 11 is 27.8. The Balaban J connectivity index is 3.32. The van der Waals surface area contributed by atoms with Crippen molar-refractivity contribution in [1.82, 2.24) is 0 Å². The lowest BCUT2D eigenvalue weighted by molar-refractivity contribution is 0.0686. The van der Waals surface area contributed by atoms with Gasteiger partial charge >= 0.3 is 7.82 Å². The van der Waals surface area contributed by atoms with Crippen LogP contribution >= 0.6 is 94.7 Å². The third-order valence-electron chi connectivity index (χ3n) is 4.69. The quantitative estimate of drug-likeness (QED) is 0.220. The van der Waals surface area contributed by atoms with Gasteiger partial charge in [0.15, 0.2) is 0 Å². The molecule has 1 saturated heterocycles. The summed E-state index contributed by atoms with van der Waals surface area (Å²) in [4.78, 5) is 8.43. The van der Waals surface area contributed by atoms with Crippen LogP contribution in [0.3, 0.4) is 0 Å². The molecule has 0 bridgehead atoms. The van der Waals surface area contributed by atoms with Gasteiger partial charge in [0.1, 0.15) is 0 Å². The van der Waals surface area contributed by atoms with E-state index in [-0.39, 0.29) is 18.6 Å². The highest BCUT2D eigenvalue weighted by molar-refractivity contribution is 9.09. The summed E-state index contributed by atoms with van der Waals surface area (Å²) in [6, 6.07) is 0. The van der Waals surface area contributed by atoms with E-state index in [9.17, 15) is 9.46 Å². The van der Waals surface area contributed by atoms with Gasteiger partial charge in [0, 0.05) is 21.3 Å². The molecule has 0 aliphatic carbocycles. The Hall–Kier alpha value is 2.61. The summed E-state index contributed by atoms with van der Waals surface area (Å²) in [5.74, 6) is 0. The minimum atomic E-state index is -4.20. The first kappa shape index (κ1) is 26.6. The van der Waals surface area contributed by atoms with Crippen molar-refractivity contribution in [3.63, 3.8) is 0 Å². The normalized spacial score (nSPS) is 36.0. The molecular weight excluding hydrogens is 666 g/mol. The topological polar surface area (TPSA) is 55.8 Å². The Morgan fingerprint density at radius 2 is 1.15 bits per heavy atom. The maximum atomic E-state index is 12.2. The molecule has 1 N–H and O–H groups in total. The van der Waals surface area contributed by atoms with Gasteiger partial charge in [-0.3, -0.25) is 9.05 Å². The highest BCUT2D eigenvalue weighted by Gasteiger charge is 2.47. The van der Waals surface area contributed by atoms with Crippen LogP contribution in [0.1, 0.15) is 38.5 Å². The molecule has 2 unspecified atom stereocenters. The summed E-state index contributed by atoms with van der Waals surface area (Å²) in [6.45, 7) is -0.0953. The second-order valence-corrected chi connectivity index (χ2v) is 13.2. The molecule has 11 heteroatoms. The monoisotopic (exact) mass is 686 g/mol. The van der Waals surface area contributed by atoms with E-state index in [0.29, 0.717) is 36.3 Å². The maximum absolute atomic E-state index is 12.2. The molecule has 1 fully saturated rings. The maximum Gasteiger partial charge on any atom is 0.472 e. The Bertz CT molecular complexity index is 453. The number of hydrogen-bond acceptors (Lipinski definition) is 3. The zero-order valence-electron chi connectivity index (χ0n) is 14.4. The van der Waals surface area contributed by atoms with E-state index in [4.69, 9.17) is 32.2 Å². The molecular formula is C15H25Br4Cl2O4P. The number of halogens is 6. The fourth-order valence-corrected chi connectivity index (χ4v) is 9.05. The van der Waals surface area contributed by atoms with Crippen LogP contribution in [0.2, 0.25) is 0 Å². The molecule has 0 aromatic rings. The van der Waals surface area contributed by atoms with Crippen molar-refractivity contribution >= 4 is 94.7 Å². The van der Waals surface area contributed by atoms with Crippen LogP contribution in [-0.2, 0) is 13.6 Å². The van der Waals surface area contributed by atoms with Crippen LogP contribution in [-0.4, -0.2) is 49.2 Å². The van der Waals surface area contributed by atoms with Crippen LogP contribution in [0.15, 0.2) is 0 Å². The number of phosphoric ester groups is 1. The van der Waals surface area contributed by atoms with Gasteiger partial charge in [-0.05, 0) is 43.9 Å². The smallest absolute Gasteiger partial charge is 0.302 e. The minimum Gasteiger partial charge on any atom is -0.302 e. The summed E-state index contributed by atoms with van der Waals surface area (Å²) in [6.07, 6.45) is 4.28. The first-order valence-corrected chi connectivity index (χ1v) is 15.0. The third-order valence-corrected chi connectivity index (χ3v) is 8.05. The molecule has 1 aliphatic rings. The second-order valence-electron chi connectivity index (χ2n) is 6.93. The number of hydrogen-bond donors (Lipinski definition) is 1. The van der Waals surface area contributed by atoms with E-state index < -0.39 is 17.6 Å². The SMILES string of the molecule is O=P1(O)OCC(Cl)(CCBr)CC(CCBr)(CCBr)CC(Cl)(CCBr)CO1. The lowest BCUT2D eigenvalue weighted by Gasteiger charge is -2.45. The molecule has 4 nitrogen and oxygen atoms in total. The van der Waals surface area contributed by atoms with Gasteiger partial charge in [-0.2, -0.15) is 0 Å². The third kappa shape index (κ3) is 8.77. The van der Waals surface area contributed by atoms with Crippen LogP contribution in [0, 0.1) is 5.41 Å². The summed E-state index contributed by atoms with van der Waals surface area (Å²) in [5.41, 5.74) is -0.148. The van der Waals surface area contributed by atoms with Gasteiger partial charge in [-0.1, -0.05) is 63.7 Å². The van der Waals surface area contributed by atoms with Gasteiger partial charge < -0.3 is 4.89 Å². The Morgan fingerprint density at radius 1 is 0.808 bits per heavy atom. The Labute approximate surface area is 199 Å². The van der Waals surface area contributed by atoms with Gasteiger partial charge in [-0.25, -0.2) is 4.57 Å². The van der Waals surface area contributed by atoms with E-state index in [1.807, 2.05) is 0 Å². The minimum absolute atomic E-state index is 0.0476. The number of phosphoric acid groups is 1. The van der Waals surface area contributed by atoms with Gasteiger partial charge in [0.05, 0.1) is 23.0 Å². The summed E-state index contributed by atoms with van der Waals surface area (Å²) < 4.78 is 22.7. The van der Waals surface area contributed by atoms with Crippen molar-refractivity contribution in [1.29, 1.82) is 0 Å². The predicted octanol–water partition coefficient (Wildman–Crippen LogP) is 7.00. The average Bonchev–Trinajstić information content (AvgIpc) is 2.52. The Kier molecular flexibility index (Phi) is 12.1. The van der Waals surface area contributed by atoms with Crippen molar-refractivity contribution in [2.45, 2.75) is 48.3 Å². The fraction of sp³-hybridized carbons (Fsp3) is 1.00. The second kappa shape index (κ2) is 11.9. The lowest BCUT2D eigenvalue weighted by Crippen LogP contribution is -2.44. The fourth-order valence-electron chi connectivity index (χ4n) is 3.48. The Morgan fingerprint density at radius 3 is 1.46 bits per heavy atom. The van der Waals surface area contributed by atoms with E-state index >= 15 is 0 Å². The van der Waals surface area contributed by atoms with Gasteiger partial charge in [-0.15, -0.1) is 23.2 Å². The zero-order chi connectivity index (χ0) is 19.9. The molecule has 0 saturated carbocycles.